The molecule has 0 saturated heterocycles. The zero-order valence-corrected chi connectivity index (χ0v) is 11.0. The van der Waals surface area contributed by atoms with E-state index in [1.165, 1.54) is 25.7 Å². The Hall–Kier alpha value is -0.570. The average molecular weight is 238 g/mol. The first-order valence-corrected chi connectivity index (χ1v) is 7.17. The molecule has 3 N–H and O–H groups in total. The molecule has 98 valence electrons. The lowest BCUT2D eigenvalue weighted by molar-refractivity contribution is -0.126. The van der Waals surface area contributed by atoms with Gasteiger partial charge in [0.1, 0.15) is 0 Å². The van der Waals surface area contributed by atoms with Gasteiger partial charge in [-0.15, -0.1) is 0 Å². The molecule has 2 saturated carbocycles. The SMILES string of the molecule is CC1CCCC(CNC(=O)C2(N)CCCC2)C1. The molecule has 2 fully saturated rings. The quantitative estimate of drug-likeness (QED) is 0.792. The number of nitrogens with two attached hydrogens (primary N) is 1. The summed E-state index contributed by atoms with van der Waals surface area (Å²) in [7, 11) is 0. The van der Waals surface area contributed by atoms with Gasteiger partial charge in [-0.2, -0.15) is 0 Å². The second kappa shape index (κ2) is 5.38. The predicted octanol–water partition coefficient (Wildman–Crippen LogP) is 2.20. The number of amides is 1. The molecule has 17 heavy (non-hydrogen) atoms. The maximum Gasteiger partial charge on any atom is 0.240 e. The molecule has 3 nitrogen and oxygen atoms in total. The summed E-state index contributed by atoms with van der Waals surface area (Å²) in [5.74, 6) is 1.59. The Kier molecular flexibility index (Phi) is 4.08. The summed E-state index contributed by atoms with van der Waals surface area (Å²) in [6.45, 7) is 3.15. The molecule has 0 heterocycles. The molecule has 2 unspecified atom stereocenters. The van der Waals surface area contributed by atoms with E-state index in [0.29, 0.717) is 5.92 Å². The zero-order chi connectivity index (χ0) is 12.3. The van der Waals surface area contributed by atoms with E-state index >= 15 is 0 Å². The molecule has 0 aromatic rings. The fraction of sp³-hybridized carbons (Fsp3) is 0.929. The van der Waals surface area contributed by atoms with E-state index in [9.17, 15) is 4.79 Å². The number of hydrogen-bond acceptors (Lipinski definition) is 2. The van der Waals surface area contributed by atoms with Gasteiger partial charge in [-0.3, -0.25) is 4.79 Å². The van der Waals surface area contributed by atoms with Crippen molar-refractivity contribution in [2.24, 2.45) is 17.6 Å². The Morgan fingerprint density at radius 3 is 2.65 bits per heavy atom. The van der Waals surface area contributed by atoms with Gasteiger partial charge in [0.05, 0.1) is 5.54 Å². The third kappa shape index (κ3) is 3.21. The zero-order valence-electron chi connectivity index (χ0n) is 11.0. The van der Waals surface area contributed by atoms with Crippen LogP contribution in [0.4, 0.5) is 0 Å². The largest absolute Gasteiger partial charge is 0.354 e. The molecule has 1 amide bonds. The van der Waals surface area contributed by atoms with Crippen LogP contribution in [0.2, 0.25) is 0 Å². The van der Waals surface area contributed by atoms with Crippen LogP contribution in [0.25, 0.3) is 0 Å². The lowest BCUT2D eigenvalue weighted by Crippen LogP contribution is -2.52. The minimum absolute atomic E-state index is 0.0910. The Morgan fingerprint density at radius 1 is 1.29 bits per heavy atom. The van der Waals surface area contributed by atoms with Crippen LogP contribution in [0.5, 0.6) is 0 Å². The van der Waals surface area contributed by atoms with Gasteiger partial charge in [-0.25, -0.2) is 0 Å². The number of carbonyl (C=O) groups is 1. The molecule has 2 atom stereocenters. The van der Waals surface area contributed by atoms with Crippen molar-refractivity contribution < 1.29 is 4.79 Å². The topological polar surface area (TPSA) is 55.1 Å². The summed E-state index contributed by atoms with van der Waals surface area (Å²) in [6.07, 6.45) is 9.12. The number of nitrogens with one attached hydrogen (secondary N) is 1. The van der Waals surface area contributed by atoms with Crippen LogP contribution in [0.1, 0.15) is 58.3 Å². The highest BCUT2D eigenvalue weighted by Crippen LogP contribution is 2.29. The van der Waals surface area contributed by atoms with Crippen molar-refractivity contribution in [2.75, 3.05) is 6.54 Å². The van der Waals surface area contributed by atoms with Crippen LogP contribution in [0.15, 0.2) is 0 Å². The van der Waals surface area contributed by atoms with E-state index in [0.717, 1.165) is 38.1 Å². The Bertz CT molecular complexity index is 271. The Morgan fingerprint density at radius 2 is 2.00 bits per heavy atom. The van der Waals surface area contributed by atoms with E-state index in [1.807, 2.05) is 0 Å². The molecule has 2 aliphatic rings. The molecular weight excluding hydrogens is 212 g/mol. The summed E-state index contributed by atoms with van der Waals surface area (Å²) in [5.41, 5.74) is 5.58. The van der Waals surface area contributed by atoms with Crippen LogP contribution in [-0.2, 0) is 4.79 Å². The van der Waals surface area contributed by atoms with E-state index < -0.39 is 5.54 Å². The molecular formula is C14H26N2O. The standard InChI is InChI=1S/C14H26N2O/c1-11-5-4-6-12(9-11)10-16-13(17)14(15)7-2-3-8-14/h11-12H,2-10,15H2,1H3,(H,16,17). The molecule has 0 aliphatic heterocycles. The van der Waals surface area contributed by atoms with Crippen molar-refractivity contribution >= 4 is 5.91 Å². The summed E-state index contributed by atoms with van der Waals surface area (Å²) in [4.78, 5) is 12.1. The molecule has 0 radical (unpaired) electrons. The Balaban J connectivity index is 1.75. The first-order valence-electron chi connectivity index (χ1n) is 7.17. The molecule has 0 aromatic heterocycles. The predicted molar refractivity (Wildman–Crippen MR) is 69.5 cm³/mol. The monoisotopic (exact) mass is 238 g/mol. The van der Waals surface area contributed by atoms with Gasteiger partial charge < -0.3 is 11.1 Å². The fourth-order valence-corrected chi connectivity index (χ4v) is 3.39. The van der Waals surface area contributed by atoms with E-state index in [4.69, 9.17) is 5.73 Å². The molecule has 2 rings (SSSR count). The summed E-state index contributed by atoms with van der Waals surface area (Å²) in [6, 6.07) is 0. The smallest absolute Gasteiger partial charge is 0.240 e. The lowest BCUT2D eigenvalue weighted by atomic mass is 9.82. The van der Waals surface area contributed by atoms with Crippen molar-refractivity contribution in [3.05, 3.63) is 0 Å². The number of hydrogen-bond donors (Lipinski definition) is 2. The molecule has 2 aliphatic carbocycles. The van der Waals surface area contributed by atoms with Crippen LogP contribution in [-0.4, -0.2) is 18.0 Å². The van der Waals surface area contributed by atoms with Crippen LogP contribution < -0.4 is 11.1 Å². The third-order valence-corrected chi connectivity index (χ3v) is 4.54. The number of rotatable bonds is 3. The van der Waals surface area contributed by atoms with E-state index in [2.05, 4.69) is 12.2 Å². The van der Waals surface area contributed by atoms with Crippen molar-refractivity contribution in [3.8, 4) is 0 Å². The van der Waals surface area contributed by atoms with Gasteiger partial charge in [0.25, 0.3) is 0 Å². The van der Waals surface area contributed by atoms with Gasteiger partial charge in [0.15, 0.2) is 0 Å². The second-order valence-corrected chi connectivity index (χ2v) is 6.21. The highest BCUT2D eigenvalue weighted by atomic mass is 16.2. The highest BCUT2D eigenvalue weighted by molar-refractivity contribution is 5.86. The Labute approximate surface area is 105 Å². The minimum Gasteiger partial charge on any atom is -0.354 e. The van der Waals surface area contributed by atoms with Gasteiger partial charge in [-0.1, -0.05) is 32.6 Å². The first-order chi connectivity index (χ1) is 8.10. The summed E-state index contributed by atoms with van der Waals surface area (Å²) in [5, 5.41) is 3.09. The molecule has 0 bridgehead atoms. The van der Waals surface area contributed by atoms with Crippen molar-refractivity contribution in [2.45, 2.75) is 63.8 Å². The van der Waals surface area contributed by atoms with Gasteiger partial charge >= 0.3 is 0 Å². The molecule has 3 heteroatoms. The first kappa shape index (κ1) is 12.9. The maximum absolute atomic E-state index is 12.1. The van der Waals surface area contributed by atoms with Crippen molar-refractivity contribution in [3.63, 3.8) is 0 Å². The van der Waals surface area contributed by atoms with E-state index in [-0.39, 0.29) is 5.91 Å². The van der Waals surface area contributed by atoms with Crippen LogP contribution in [0.3, 0.4) is 0 Å². The summed E-state index contributed by atoms with van der Waals surface area (Å²) >= 11 is 0. The van der Waals surface area contributed by atoms with Crippen molar-refractivity contribution in [1.82, 2.24) is 5.32 Å². The molecule has 0 spiro atoms. The lowest BCUT2D eigenvalue weighted by Gasteiger charge is -2.29. The second-order valence-electron chi connectivity index (χ2n) is 6.21. The van der Waals surface area contributed by atoms with Gasteiger partial charge in [0, 0.05) is 6.54 Å². The normalized spacial score (nSPS) is 32.4. The molecule has 0 aromatic carbocycles. The van der Waals surface area contributed by atoms with E-state index in [1.54, 1.807) is 0 Å². The maximum atomic E-state index is 12.1. The van der Waals surface area contributed by atoms with Gasteiger partial charge in [0.2, 0.25) is 5.91 Å². The fourth-order valence-electron chi connectivity index (χ4n) is 3.39. The van der Waals surface area contributed by atoms with Gasteiger partial charge in [-0.05, 0) is 37.5 Å². The minimum atomic E-state index is -0.555. The summed E-state index contributed by atoms with van der Waals surface area (Å²) < 4.78 is 0. The third-order valence-electron chi connectivity index (χ3n) is 4.54. The van der Waals surface area contributed by atoms with Crippen LogP contribution in [0, 0.1) is 11.8 Å². The van der Waals surface area contributed by atoms with Crippen molar-refractivity contribution in [1.29, 1.82) is 0 Å². The average Bonchev–Trinajstić information content (AvgIpc) is 2.74. The number of carbonyl (C=O) groups excluding carboxylic acids is 1. The highest BCUT2D eigenvalue weighted by Gasteiger charge is 2.37. The van der Waals surface area contributed by atoms with Crippen LogP contribution >= 0.6 is 0 Å².